The Morgan fingerprint density at radius 1 is 1.33 bits per heavy atom. The predicted octanol–water partition coefficient (Wildman–Crippen LogP) is 1.60. The van der Waals surface area contributed by atoms with Gasteiger partial charge in [0.25, 0.3) is 0 Å². The minimum absolute atomic E-state index is 0.150. The van der Waals surface area contributed by atoms with Crippen LogP contribution >= 0.6 is 0 Å². The van der Waals surface area contributed by atoms with Crippen molar-refractivity contribution >= 4 is 5.97 Å². The molecule has 0 bridgehead atoms. The second kappa shape index (κ2) is 2.89. The Hall–Kier alpha value is -1.71. The maximum absolute atomic E-state index is 10.7. The van der Waals surface area contributed by atoms with Gasteiger partial charge in [0.15, 0.2) is 11.5 Å². The molecule has 1 fully saturated rings. The summed E-state index contributed by atoms with van der Waals surface area (Å²) in [6, 6.07) is 5.64. The first-order valence-corrected chi connectivity index (χ1v) is 4.88. The molecule has 78 valence electrons. The fourth-order valence-electron chi connectivity index (χ4n) is 1.98. The normalized spacial score (nSPS) is 26.4. The van der Waals surface area contributed by atoms with Crippen LogP contribution in [-0.4, -0.2) is 17.9 Å². The molecule has 3 rings (SSSR count). The molecule has 0 radical (unpaired) electrons. The van der Waals surface area contributed by atoms with E-state index < -0.39 is 5.97 Å². The highest BCUT2D eigenvalue weighted by atomic mass is 16.7. The van der Waals surface area contributed by atoms with Gasteiger partial charge in [-0.2, -0.15) is 0 Å². The van der Waals surface area contributed by atoms with Crippen LogP contribution in [0.15, 0.2) is 18.2 Å². The van der Waals surface area contributed by atoms with Gasteiger partial charge in [-0.05, 0) is 30.0 Å². The minimum Gasteiger partial charge on any atom is -0.481 e. The van der Waals surface area contributed by atoms with Crippen LogP contribution in [0.5, 0.6) is 11.5 Å². The van der Waals surface area contributed by atoms with E-state index in [1.54, 1.807) is 0 Å². The maximum atomic E-state index is 10.7. The van der Waals surface area contributed by atoms with Crippen LogP contribution in [0.4, 0.5) is 0 Å². The second-order valence-corrected chi connectivity index (χ2v) is 3.90. The van der Waals surface area contributed by atoms with E-state index in [0.29, 0.717) is 0 Å². The van der Waals surface area contributed by atoms with Gasteiger partial charge < -0.3 is 14.6 Å². The number of carbonyl (C=O) groups is 1. The molecular formula is C11H10O4. The average Bonchev–Trinajstić information content (AvgIpc) is 2.89. The van der Waals surface area contributed by atoms with Crippen molar-refractivity contribution in [2.75, 3.05) is 6.79 Å². The summed E-state index contributed by atoms with van der Waals surface area (Å²) in [6.07, 6.45) is 0.731. The first-order chi connectivity index (χ1) is 7.25. The molecule has 2 atom stereocenters. The SMILES string of the molecule is O=C(O)C1CC1c1ccc2c(c1)OCO2. The maximum Gasteiger partial charge on any atom is 0.307 e. The first-order valence-electron chi connectivity index (χ1n) is 4.88. The van der Waals surface area contributed by atoms with Gasteiger partial charge in [-0.25, -0.2) is 0 Å². The molecule has 0 amide bonds. The van der Waals surface area contributed by atoms with Crippen LogP contribution < -0.4 is 9.47 Å². The summed E-state index contributed by atoms with van der Waals surface area (Å²) in [5, 5.41) is 8.82. The molecule has 4 nitrogen and oxygen atoms in total. The van der Waals surface area contributed by atoms with Crippen molar-refractivity contribution in [3.05, 3.63) is 23.8 Å². The number of fused-ring (bicyclic) bond motifs is 1. The first kappa shape index (κ1) is 8.59. The van der Waals surface area contributed by atoms with E-state index in [9.17, 15) is 4.79 Å². The van der Waals surface area contributed by atoms with Crippen molar-refractivity contribution in [1.29, 1.82) is 0 Å². The number of benzene rings is 1. The predicted molar refractivity (Wildman–Crippen MR) is 51.0 cm³/mol. The fourth-order valence-corrected chi connectivity index (χ4v) is 1.98. The molecule has 1 aliphatic carbocycles. The molecule has 2 unspecified atom stereocenters. The monoisotopic (exact) mass is 206 g/mol. The summed E-state index contributed by atoms with van der Waals surface area (Å²) < 4.78 is 10.4. The van der Waals surface area contributed by atoms with E-state index in [2.05, 4.69) is 0 Å². The van der Waals surface area contributed by atoms with Gasteiger partial charge in [-0.1, -0.05) is 6.07 Å². The third-order valence-electron chi connectivity index (χ3n) is 2.93. The molecule has 15 heavy (non-hydrogen) atoms. The van der Waals surface area contributed by atoms with Crippen molar-refractivity contribution in [2.45, 2.75) is 12.3 Å². The molecule has 1 aromatic carbocycles. The van der Waals surface area contributed by atoms with Gasteiger partial charge in [0.1, 0.15) is 0 Å². The smallest absolute Gasteiger partial charge is 0.307 e. The number of carboxylic acids is 1. The molecule has 4 heteroatoms. The fraction of sp³-hybridized carbons (Fsp3) is 0.364. The quantitative estimate of drug-likeness (QED) is 0.798. The summed E-state index contributed by atoms with van der Waals surface area (Å²) in [4.78, 5) is 10.7. The van der Waals surface area contributed by atoms with Gasteiger partial charge in [-0.3, -0.25) is 4.79 Å². The molecule has 1 N–H and O–H groups in total. The highest BCUT2D eigenvalue weighted by Gasteiger charge is 2.44. The van der Waals surface area contributed by atoms with Crippen molar-refractivity contribution in [3.63, 3.8) is 0 Å². The molecule has 0 aromatic heterocycles. The Labute approximate surface area is 86.4 Å². The van der Waals surface area contributed by atoms with Crippen molar-refractivity contribution in [3.8, 4) is 11.5 Å². The highest BCUT2D eigenvalue weighted by molar-refractivity contribution is 5.75. The molecule has 0 saturated heterocycles. The number of aliphatic carboxylic acids is 1. The standard InChI is InChI=1S/C11H10O4/c12-11(13)8-4-7(8)6-1-2-9-10(3-6)15-5-14-9/h1-3,7-8H,4-5H2,(H,12,13). The summed E-state index contributed by atoms with van der Waals surface area (Å²) in [6.45, 7) is 0.256. The van der Waals surface area contributed by atoms with E-state index >= 15 is 0 Å². The van der Waals surface area contributed by atoms with E-state index in [-0.39, 0.29) is 18.6 Å². The second-order valence-electron chi connectivity index (χ2n) is 3.90. The number of rotatable bonds is 2. The number of hydrogen-bond acceptors (Lipinski definition) is 3. The van der Waals surface area contributed by atoms with Gasteiger partial charge in [0.2, 0.25) is 6.79 Å². The Bertz CT molecular complexity index is 427. The molecular weight excluding hydrogens is 196 g/mol. The summed E-state index contributed by atoms with van der Waals surface area (Å²) >= 11 is 0. The zero-order chi connectivity index (χ0) is 10.4. The average molecular weight is 206 g/mol. The number of hydrogen-bond donors (Lipinski definition) is 1. The third-order valence-corrected chi connectivity index (χ3v) is 2.93. The van der Waals surface area contributed by atoms with Gasteiger partial charge in [0.05, 0.1) is 5.92 Å². The van der Waals surface area contributed by atoms with Crippen LogP contribution in [0.25, 0.3) is 0 Å². The van der Waals surface area contributed by atoms with Crippen molar-refractivity contribution in [2.24, 2.45) is 5.92 Å². The number of carboxylic acid groups (broad SMARTS) is 1. The molecule has 1 aliphatic heterocycles. The van der Waals surface area contributed by atoms with E-state index in [1.165, 1.54) is 0 Å². The van der Waals surface area contributed by atoms with Crippen LogP contribution in [0, 0.1) is 5.92 Å². The van der Waals surface area contributed by atoms with Gasteiger partial charge >= 0.3 is 5.97 Å². The lowest BCUT2D eigenvalue weighted by Crippen LogP contribution is -1.98. The summed E-state index contributed by atoms with van der Waals surface area (Å²) in [7, 11) is 0. The molecule has 2 aliphatic rings. The van der Waals surface area contributed by atoms with Crippen molar-refractivity contribution < 1.29 is 19.4 Å². The highest BCUT2D eigenvalue weighted by Crippen LogP contribution is 2.49. The number of ether oxygens (including phenoxy) is 2. The Balaban J connectivity index is 1.86. The minimum atomic E-state index is -0.710. The Morgan fingerprint density at radius 2 is 2.13 bits per heavy atom. The van der Waals surface area contributed by atoms with E-state index in [0.717, 1.165) is 23.5 Å². The Morgan fingerprint density at radius 3 is 2.87 bits per heavy atom. The summed E-state index contributed by atoms with van der Waals surface area (Å²) in [5.74, 6) is 0.690. The van der Waals surface area contributed by atoms with Crippen LogP contribution in [0.2, 0.25) is 0 Å². The molecule has 0 spiro atoms. The topological polar surface area (TPSA) is 55.8 Å². The molecule has 1 saturated carbocycles. The molecule has 1 aromatic rings. The van der Waals surface area contributed by atoms with Crippen LogP contribution in [0.1, 0.15) is 17.9 Å². The van der Waals surface area contributed by atoms with Crippen LogP contribution in [-0.2, 0) is 4.79 Å². The lowest BCUT2D eigenvalue weighted by atomic mass is 10.1. The van der Waals surface area contributed by atoms with Crippen LogP contribution in [0.3, 0.4) is 0 Å². The lowest BCUT2D eigenvalue weighted by molar-refractivity contribution is -0.138. The van der Waals surface area contributed by atoms with E-state index in [4.69, 9.17) is 14.6 Å². The summed E-state index contributed by atoms with van der Waals surface area (Å²) in [5.41, 5.74) is 1.03. The van der Waals surface area contributed by atoms with E-state index in [1.807, 2.05) is 18.2 Å². The third kappa shape index (κ3) is 1.33. The van der Waals surface area contributed by atoms with Gasteiger partial charge in [0, 0.05) is 0 Å². The largest absolute Gasteiger partial charge is 0.481 e. The zero-order valence-electron chi connectivity index (χ0n) is 7.97. The van der Waals surface area contributed by atoms with Crippen molar-refractivity contribution in [1.82, 2.24) is 0 Å². The Kier molecular flexibility index (Phi) is 1.65. The van der Waals surface area contributed by atoms with Gasteiger partial charge in [-0.15, -0.1) is 0 Å². The zero-order valence-corrected chi connectivity index (χ0v) is 7.97. The lowest BCUT2D eigenvalue weighted by Gasteiger charge is -2.00. The molecule has 1 heterocycles.